The molecule has 0 aliphatic heterocycles. The minimum Gasteiger partial charge on any atom is -0.461 e. The number of imidazole rings is 1. The zero-order valence-corrected chi connectivity index (χ0v) is 13.1. The topological polar surface area (TPSA) is 53.2 Å². The first-order chi connectivity index (χ1) is 10.6. The van der Waals surface area contributed by atoms with Crippen LogP contribution in [0.5, 0.6) is 0 Å². The van der Waals surface area contributed by atoms with E-state index in [9.17, 15) is 9.59 Å². The number of rotatable bonds is 3. The summed E-state index contributed by atoms with van der Waals surface area (Å²) in [6.45, 7) is 2.17. The van der Waals surface area contributed by atoms with Crippen LogP contribution in [0.2, 0.25) is 0 Å². The van der Waals surface area contributed by atoms with E-state index in [4.69, 9.17) is 4.74 Å². The Balaban J connectivity index is 1.77. The first-order valence-corrected chi connectivity index (χ1v) is 7.90. The molecule has 1 aromatic heterocycles. The van der Waals surface area contributed by atoms with Crippen molar-refractivity contribution in [3.8, 4) is 0 Å². The average molecular weight is 302 g/mol. The second kappa shape index (κ2) is 5.99. The largest absolute Gasteiger partial charge is 0.461 e. The number of carbonyl (C=O) groups excluding carboxylic acids is 1. The van der Waals surface area contributed by atoms with Gasteiger partial charge >= 0.3 is 11.7 Å². The molecule has 1 aliphatic rings. The highest BCUT2D eigenvalue weighted by Gasteiger charge is 2.23. The number of para-hydroxylation sites is 2. The average Bonchev–Trinajstić information content (AvgIpc) is 2.73. The quantitative estimate of drug-likeness (QED) is 0.818. The number of ether oxygens (including phenoxy) is 1. The van der Waals surface area contributed by atoms with Crippen LogP contribution in [0.3, 0.4) is 0 Å². The van der Waals surface area contributed by atoms with Gasteiger partial charge in [0.25, 0.3) is 0 Å². The van der Waals surface area contributed by atoms with E-state index in [1.165, 1.54) is 11.0 Å². The van der Waals surface area contributed by atoms with Gasteiger partial charge in [-0.25, -0.2) is 4.79 Å². The van der Waals surface area contributed by atoms with Crippen molar-refractivity contribution in [3.63, 3.8) is 0 Å². The molecule has 1 saturated carbocycles. The van der Waals surface area contributed by atoms with E-state index in [1.54, 1.807) is 11.6 Å². The summed E-state index contributed by atoms with van der Waals surface area (Å²) in [4.78, 5) is 24.5. The van der Waals surface area contributed by atoms with Crippen molar-refractivity contribution in [2.45, 2.75) is 45.3 Å². The lowest BCUT2D eigenvalue weighted by molar-refractivity contribution is -0.151. The molecule has 0 spiro atoms. The molecule has 5 nitrogen and oxygen atoms in total. The van der Waals surface area contributed by atoms with Crippen LogP contribution in [-0.2, 0) is 23.1 Å². The van der Waals surface area contributed by atoms with Gasteiger partial charge < -0.3 is 4.74 Å². The van der Waals surface area contributed by atoms with Gasteiger partial charge in [-0.3, -0.25) is 13.9 Å². The highest BCUT2D eigenvalue weighted by molar-refractivity contribution is 5.78. The number of hydrogen-bond acceptors (Lipinski definition) is 3. The molecule has 2 unspecified atom stereocenters. The van der Waals surface area contributed by atoms with E-state index >= 15 is 0 Å². The summed E-state index contributed by atoms with van der Waals surface area (Å²) in [7, 11) is 1.72. The number of carbonyl (C=O) groups is 1. The van der Waals surface area contributed by atoms with Crippen molar-refractivity contribution in [1.29, 1.82) is 0 Å². The van der Waals surface area contributed by atoms with Gasteiger partial charge in [-0.1, -0.05) is 25.5 Å². The fourth-order valence-corrected chi connectivity index (χ4v) is 3.35. The van der Waals surface area contributed by atoms with E-state index in [2.05, 4.69) is 6.92 Å². The Kier molecular flexibility index (Phi) is 4.05. The van der Waals surface area contributed by atoms with Crippen molar-refractivity contribution in [2.75, 3.05) is 0 Å². The molecule has 2 aromatic rings. The summed E-state index contributed by atoms with van der Waals surface area (Å²) >= 11 is 0. The molecule has 5 heteroatoms. The molecule has 1 fully saturated rings. The van der Waals surface area contributed by atoms with E-state index in [0.717, 1.165) is 30.3 Å². The van der Waals surface area contributed by atoms with Gasteiger partial charge in [-0.05, 0) is 37.3 Å². The predicted octanol–water partition coefficient (Wildman–Crippen LogP) is 2.46. The highest BCUT2D eigenvalue weighted by Crippen LogP contribution is 2.25. The number of hydrogen-bond donors (Lipinski definition) is 0. The van der Waals surface area contributed by atoms with Crippen LogP contribution in [0, 0.1) is 5.92 Å². The third kappa shape index (κ3) is 2.80. The molecule has 0 saturated heterocycles. The predicted molar refractivity (Wildman–Crippen MR) is 84.7 cm³/mol. The molecule has 2 atom stereocenters. The molecular weight excluding hydrogens is 280 g/mol. The molecule has 0 bridgehead atoms. The SMILES string of the molecule is CC1CCCC(OC(=O)Cn2c(=O)n(C)c3ccccc32)C1. The van der Waals surface area contributed by atoms with Crippen LogP contribution in [0.1, 0.15) is 32.6 Å². The molecule has 1 aromatic carbocycles. The van der Waals surface area contributed by atoms with Gasteiger partial charge in [0.2, 0.25) is 0 Å². The second-order valence-corrected chi connectivity index (χ2v) is 6.30. The summed E-state index contributed by atoms with van der Waals surface area (Å²) in [6, 6.07) is 7.48. The maximum absolute atomic E-state index is 12.3. The van der Waals surface area contributed by atoms with Crippen molar-refractivity contribution in [1.82, 2.24) is 9.13 Å². The fourth-order valence-electron chi connectivity index (χ4n) is 3.35. The summed E-state index contributed by atoms with van der Waals surface area (Å²) in [6.07, 6.45) is 4.17. The Bertz CT molecular complexity index is 744. The number of benzene rings is 1. The van der Waals surface area contributed by atoms with E-state index < -0.39 is 0 Å². The van der Waals surface area contributed by atoms with Crippen LogP contribution in [-0.4, -0.2) is 21.2 Å². The lowest BCUT2D eigenvalue weighted by Gasteiger charge is -2.26. The van der Waals surface area contributed by atoms with Crippen LogP contribution in [0.15, 0.2) is 29.1 Å². The number of aryl methyl sites for hydroxylation is 1. The minimum atomic E-state index is -0.322. The Hall–Kier alpha value is -2.04. The molecule has 0 radical (unpaired) electrons. The lowest BCUT2D eigenvalue weighted by atomic mass is 9.89. The standard InChI is InChI=1S/C17H22N2O3/c1-12-6-5-7-13(10-12)22-16(20)11-19-15-9-4-3-8-14(15)18(2)17(19)21/h3-4,8-9,12-13H,5-7,10-11H2,1-2H3. The summed E-state index contributed by atoms with van der Waals surface area (Å²) < 4.78 is 8.62. The molecular formula is C17H22N2O3. The van der Waals surface area contributed by atoms with Crippen molar-refractivity contribution >= 4 is 17.0 Å². The Morgan fingerprint density at radius 3 is 2.73 bits per heavy atom. The van der Waals surface area contributed by atoms with Gasteiger partial charge in [0.05, 0.1) is 11.0 Å². The molecule has 0 N–H and O–H groups in total. The van der Waals surface area contributed by atoms with E-state index in [1.807, 2.05) is 24.3 Å². The first kappa shape index (κ1) is 14.9. The minimum absolute atomic E-state index is 0.00179. The van der Waals surface area contributed by atoms with Gasteiger partial charge in [0, 0.05) is 7.05 Å². The second-order valence-electron chi connectivity index (χ2n) is 6.30. The normalized spacial score (nSPS) is 21.9. The fraction of sp³-hybridized carbons (Fsp3) is 0.529. The third-order valence-corrected chi connectivity index (χ3v) is 4.53. The highest BCUT2D eigenvalue weighted by atomic mass is 16.5. The van der Waals surface area contributed by atoms with Gasteiger partial charge in [0.15, 0.2) is 0 Å². The van der Waals surface area contributed by atoms with Crippen LogP contribution in [0.4, 0.5) is 0 Å². The molecule has 0 amide bonds. The number of nitrogens with zero attached hydrogens (tertiary/aromatic N) is 2. The smallest absolute Gasteiger partial charge is 0.329 e. The Morgan fingerprint density at radius 2 is 2.00 bits per heavy atom. The van der Waals surface area contributed by atoms with E-state index in [-0.39, 0.29) is 24.3 Å². The molecule has 1 aliphatic carbocycles. The van der Waals surface area contributed by atoms with Crippen LogP contribution >= 0.6 is 0 Å². The first-order valence-electron chi connectivity index (χ1n) is 7.90. The zero-order chi connectivity index (χ0) is 15.7. The van der Waals surface area contributed by atoms with Gasteiger partial charge in [-0.2, -0.15) is 0 Å². The van der Waals surface area contributed by atoms with Crippen LogP contribution < -0.4 is 5.69 Å². The lowest BCUT2D eigenvalue weighted by Crippen LogP contribution is -2.30. The Labute approximate surface area is 129 Å². The van der Waals surface area contributed by atoms with Crippen molar-refractivity contribution in [3.05, 3.63) is 34.7 Å². The maximum atomic E-state index is 12.3. The maximum Gasteiger partial charge on any atom is 0.329 e. The number of esters is 1. The summed E-state index contributed by atoms with van der Waals surface area (Å²) in [5.41, 5.74) is 1.41. The summed E-state index contributed by atoms with van der Waals surface area (Å²) in [5, 5.41) is 0. The van der Waals surface area contributed by atoms with Crippen LogP contribution in [0.25, 0.3) is 11.0 Å². The Morgan fingerprint density at radius 1 is 1.27 bits per heavy atom. The van der Waals surface area contributed by atoms with E-state index in [0.29, 0.717) is 5.92 Å². The van der Waals surface area contributed by atoms with Crippen molar-refractivity contribution in [2.24, 2.45) is 13.0 Å². The molecule has 3 rings (SSSR count). The number of fused-ring (bicyclic) bond motifs is 1. The molecule has 118 valence electrons. The van der Waals surface area contributed by atoms with Gasteiger partial charge in [0.1, 0.15) is 12.6 Å². The number of aromatic nitrogens is 2. The zero-order valence-electron chi connectivity index (χ0n) is 13.1. The summed E-state index contributed by atoms with van der Waals surface area (Å²) in [5.74, 6) is 0.282. The van der Waals surface area contributed by atoms with Crippen molar-refractivity contribution < 1.29 is 9.53 Å². The molecule has 22 heavy (non-hydrogen) atoms. The van der Waals surface area contributed by atoms with Gasteiger partial charge in [-0.15, -0.1) is 0 Å². The monoisotopic (exact) mass is 302 g/mol. The third-order valence-electron chi connectivity index (χ3n) is 4.53. The molecule has 1 heterocycles.